The molecule has 0 radical (unpaired) electrons. The average Bonchev–Trinajstić information content (AvgIpc) is 3.72. The van der Waals surface area contributed by atoms with Crippen molar-refractivity contribution in [3.05, 3.63) is 105 Å². The Morgan fingerprint density at radius 1 is 0.687 bits per heavy atom. The first-order valence-electron chi connectivity index (χ1n) is 20.8. The number of fused-ring (bicyclic) bond motifs is 2. The second-order valence-electron chi connectivity index (χ2n) is 16.8. The molecule has 0 aliphatic carbocycles. The molecular weight excluding hydrogens is 1060 g/mol. The Hall–Kier alpha value is -4.71. The van der Waals surface area contributed by atoms with Gasteiger partial charge in [-0.3, -0.25) is 4.18 Å². The van der Waals surface area contributed by atoms with Crippen molar-refractivity contribution in [2.24, 2.45) is 0 Å². The van der Waals surface area contributed by atoms with E-state index in [4.69, 9.17) is 24.3 Å². The maximum absolute atomic E-state index is 12.5. The van der Waals surface area contributed by atoms with Crippen LogP contribution >= 0.6 is 42.5 Å². The Morgan fingerprint density at radius 3 is 1.48 bits per heavy atom. The molecule has 18 nitrogen and oxygen atoms in total. The molecule has 0 atom stereocenters. The lowest BCUT2D eigenvalue weighted by Gasteiger charge is -2.19. The molecule has 0 saturated heterocycles. The molecule has 0 aliphatic heterocycles. The van der Waals surface area contributed by atoms with Gasteiger partial charge in [-0.25, -0.2) is 37.9 Å². The number of carbonyl (C=O) groups is 2. The number of imidazole rings is 2. The lowest BCUT2D eigenvalue weighted by atomic mass is 10.2. The van der Waals surface area contributed by atoms with Crippen LogP contribution in [0.5, 0.6) is 0 Å². The minimum absolute atomic E-state index is 0.00427. The highest BCUT2D eigenvalue weighted by Crippen LogP contribution is 2.22. The van der Waals surface area contributed by atoms with E-state index in [0.717, 1.165) is 37.1 Å². The van der Waals surface area contributed by atoms with Crippen LogP contribution in [0.25, 0.3) is 22.3 Å². The number of amides is 2. The minimum Gasteiger partial charge on any atom is -0.444 e. The minimum atomic E-state index is -3.88. The van der Waals surface area contributed by atoms with Gasteiger partial charge in [-0.15, -0.1) is 0 Å². The van der Waals surface area contributed by atoms with E-state index in [-0.39, 0.29) is 29.5 Å². The van der Waals surface area contributed by atoms with Gasteiger partial charge in [-0.2, -0.15) is 8.42 Å². The SMILES string of the molecule is CC(C)(C)OC(=O)NCCc1nc2cc(Br)cnc2n1CCO.Cc1ccc(S(=O)(=O)Cl)cc1.Cc1ccc(S(=O)(=O)OCCn2c(CCNC(=O)OC(C)(C)C)nc3cc(Br)cnc32)cc1. The number of carbonyl (C=O) groups excluding carboxylic acids is 2. The number of aromatic nitrogens is 6. The van der Waals surface area contributed by atoms with Gasteiger partial charge in [0.05, 0.1) is 29.5 Å². The van der Waals surface area contributed by atoms with Crippen molar-refractivity contribution < 1.29 is 45.2 Å². The van der Waals surface area contributed by atoms with E-state index in [9.17, 15) is 31.5 Å². The lowest BCUT2D eigenvalue weighted by Crippen LogP contribution is -2.33. The molecule has 23 heteroatoms. The van der Waals surface area contributed by atoms with E-state index in [0.29, 0.717) is 49.5 Å². The van der Waals surface area contributed by atoms with Gasteiger partial charge in [-0.05, 0) is 124 Å². The van der Waals surface area contributed by atoms with E-state index < -0.39 is 42.6 Å². The van der Waals surface area contributed by atoms with Crippen LogP contribution in [-0.4, -0.2) is 101 Å². The van der Waals surface area contributed by atoms with Crippen LogP contribution in [-0.2, 0) is 58.8 Å². The maximum Gasteiger partial charge on any atom is 0.407 e. The van der Waals surface area contributed by atoms with Gasteiger partial charge in [0.2, 0.25) is 0 Å². The summed E-state index contributed by atoms with van der Waals surface area (Å²) in [7, 11) is -2.35. The Labute approximate surface area is 412 Å². The molecule has 364 valence electrons. The third-order valence-corrected chi connectivity index (χ3v) is 12.3. The van der Waals surface area contributed by atoms with Gasteiger partial charge >= 0.3 is 12.2 Å². The summed E-state index contributed by atoms with van der Waals surface area (Å²) in [6.07, 6.45) is 3.29. The summed E-state index contributed by atoms with van der Waals surface area (Å²) in [6, 6.07) is 16.6. The molecule has 0 fully saturated rings. The van der Waals surface area contributed by atoms with Crippen LogP contribution in [0, 0.1) is 13.8 Å². The number of hydrogen-bond acceptors (Lipinski definition) is 14. The molecule has 0 unspecified atom stereocenters. The fourth-order valence-electron chi connectivity index (χ4n) is 5.91. The third-order valence-electron chi connectivity index (χ3n) is 8.78. The summed E-state index contributed by atoms with van der Waals surface area (Å²) in [5, 5.41) is 14.7. The van der Waals surface area contributed by atoms with Gasteiger partial charge in [-0.1, -0.05) is 35.4 Å². The van der Waals surface area contributed by atoms with E-state index in [1.54, 1.807) is 62.0 Å². The Balaban J connectivity index is 0.000000248. The standard InChI is InChI=1S/C22H27BrN4O5S.C15H21BrN4O3.C7H7ClO2S/c1-15-5-7-17(8-6-15)33(29,30)31-12-11-27-19(9-10-24-21(28)32-22(2,3)4)26-18-13-16(23)14-25-20(18)27;1-15(2,3)23-14(22)17-5-4-12-19-11-8-10(16)9-18-13(11)20(12)6-7-21;1-6-2-4-7(5-3-6)11(8,9)10/h5-8,13-14H,9-12H2,1-4H3,(H,24,28);8-9,21H,4-7H2,1-3H3,(H,17,22);2-5H,1H3. The van der Waals surface area contributed by atoms with Crippen LogP contribution in [0.1, 0.15) is 64.3 Å². The van der Waals surface area contributed by atoms with Gasteiger partial charge in [0.1, 0.15) is 33.9 Å². The molecule has 6 rings (SSSR count). The van der Waals surface area contributed by atoms with Crippen molar-refractivity contribution in [3.8, 4) is 0 Å². The highest BCUT2D eigenvalue weighted by molar-refractivity contribution is 9.10. The fourth-order valence-corrected chi connectivity index (χ4v) is 8.22. The van der Waals surface area contributed by atoms with Crippen LogP contribution in [0.4, 0.5) is 9.59 Å². The highest BCUT2D eigenvalue weighted by atomic mass is 79.9. The Bertz CT molecular complexity index is 2850. The quantitative estimate of drug-likeness (QED) is 0.0690. The number of hydrogen-bond donors (Lipinski definition) is 3. The smallest absolute Gasteiger partial charge is 0.407 e. The molecule has 4 heterocycles. The molecule has 0 aliphatic rings. The predicted molar refractivity (Wildman–Crippen MR) is 262 cm³/mol. The third kappa shape index (κ3) is 18.0. The van der Waals surface area contributed by atoms with E-state index in [1.165, 1.54) is 24.3 Å². The fraction of sp³-hybridized carbons (Fsp3) is 0.409. The van der Waals surface area contributed by atoms with Gasteiger partial charge in [0.15, 0.2) is 11.3 Å². The average molecular weight is 1120 g/mol. The number of aryl methyl sites for hydroxylation is 2. The van der Waals surface area contributed by atoms with E-state index in [1.807, 2.05) is 51.3 Å². The van der Waals surface area contributed by atoms with Crippen LogP contribution < -0.4 is 10.6 Å². The first-order chi connectivity index (χ1) is 31.2. The zero-order chi connectivity index (χ0) is 49.7. The number of pyridine rings is 2. The number of nitrogens with one attached hydrogen (secondary N) is 2. The first kappa shape index (κ1) is 54.9. The number of alkyl carbamates (subject to hydrolysis) is 2. The van der Waals surface area contributed by atoms with Gasteiger partial charge in [0.25, 0.3) is 19.2 Å². The van der Waals surface area contributed by atoms with E-state index in [2.05, 4.69) is 62.4 Å². The normalized spacial score (nSPS) is 11.9. The molecular formula is C44H55Br2ClN8O10S2. The first-order valence-corrected chi connectivity index (χ1v) is 26.1. The molecule has 67 heavy (non-hydrogen) atoms. The highest BCUT2D eigenvalue weighted by Gasteiger charge is 2.20. The zero-order valence-electron chi connectivity index (χ0n) is 38.3. The number of nitrogens with zero attached hydrogens (tertiary/aromatic N) is 6. The number of aliphatic hydroxyl groups is 1. The monoisotopic (exact) mass is 1110 g/mol. The lowest BCUT2D eigenvalue weighted by molar-refractivity contribution is 0.0516. The van der Waals surface area contributed by atoms with Crippen LogP contribution in [0.3, 0.4) is 0 Å². The van der Waals surface area contributed by atoms with Crippen molar-refractivity contribution >= 4 is 96.2 Å². The molecule has 3 N–H and O–H groups in total. The van der Waals surface area contributed by atoms with Crippen molar-refractivity contribution in [2.45, 2.75) is 102 Å². The van der Waals surface area contributed by atoms with Crippen molar-refractivity contribution in [1.82, 2.24) is 39.7 Å². The predicted octanol–water partition coefficient (Wildman–Crippen LogP) is 8.15. The molecule has 6 aromatic rings. The Kier molecular flexibility index (Phi) is 19.7. The summed E-state index contributed by atoms with van der Waals surface area (Å²) in [5.74, 6) is 1.40. The number of aliphatic hydroxyl groups excluding tert-OH is 1. The van der Waals surface area contributed by atoms with Gasteiger partial charge in [0, 0.05) is 64.5 Å². The number of halogens is 3. The maximum atomic E-state index is 12.5. The summed E-state index contributed by atoms with van der Waals surface area (Å²) in [5.41, 5.74) is 3.57. The van der Waals surface area contributed by atoms with Crippen molar-refractivity contribution in [3.63, 3.8) is 0 Å². The van der Waals surface area contributed by atoms with Crippen molar-refractivity contribution in [1.29, 1.82) is 0 Å². The second kappa shape index (κ2) is 24.0. The topological polar surface area (TPSA) is 236 Å². The second-order valence-corrected chi connectivity index (χ2v) is 22.8. The molecule has 2 amide bonds. The van der Waals surface area contributed by atoms with E-state index >= 15 is 0 Å². The molecule has 2 aromatic carbocycles. The summed E-state index contributed by atoms with van der Waals surface area (Å²) in [4.78, 5) is 41.7. The van der Waals surface area contributed by atoms with Crippen molar-refractivity contribution in [2.75, 3.05) is 26.3 Å². The number of ether oxygens (including phenoxy) is 2. The number of benzene rings is 2. The molecule has 0 bridgehead atoms. The largest absolute Gasteiger partial charge is 0.444 e. The Morgan fingerprint density at radius 2 is 1.09 bits per heavy atom. The van der Waals surface area contributed by atoms with Crippen LogP contribution in [0.15, 0.2) is 91.8 Å². The summed E-state index contributed by atoms with van der Waals surface area (Å²) in [6.45, 7) is 15.8. The molecule has 0 spiro atoms. The molecule has 0 saturated carbocycles. The van der Waals surface area contributed by atoms with Gasteiger partial charge < -0.3 is 34.3 Å². The molecule has 4 aromatic heterocycles. The van der Waals surface area contributed by atoms with Crippen LogP contribution in [0.2, 0.25) is 0 Å². The summed E-state index contributed by atoms with van der Waals surface area (Å²) >= 11 is 6.76. The summed E-state index contributed by atoms with van der Waals surface area (Å²) < 4.78 is 67.4. The number of rotatable bonds is 14. The zero-order valence-corrected chi connectivity index (χ0v) is 43.9.